The van der Waals surface area contributed by atoms with Gasteiger partial charge in [-0.05, 0) is 24.3 Å². The molecule has 2 rings (SSSR count). The van der Waals surface area contributed by atoms with Gasteiger partial charge in [-0.2, -0.15) is 8.42 Å². The number of aliphatic hydroxyl groups is 1. The summed E-state index contributed by atoms with van der Waals surface area (Å²) in [6, 6.07) is 11.2. The van der Waals surface area contributed by atoms with Gasteiger partial charge < -0.3 is 5.11 Å². The molecule has 1 N–H and O–H groups in total. The van der Waals surface area contributed by atoms with Crippen molar-refractivity contribution in [1.82, 2.24) is 9.97 Å². The van der Waals surface area contributed by atoms with E-state index in [1.165, 1.54) is 0 Å². The van der Waals surface area contributed by atoms with Gasteiger partial charge in [0.15, 0.2) is 0 Å². The minimum atomic E-state index is -3.32. The van der Waals surface area contributed by atoms with Gasteiger partial charge in [0.2, 0.25) is 0 Å². The third kappa shape index (κ3) is 9.17. The van der Waals surface area contributed by atoms with E-state index in [4.69, 9.17) is 5.11 Å². The Labute approximate surface area is 131 Å². The highest BCUT2D eigenvalue weighted by molar-refractivity contribution is 7.85. The molecule has 22 heavy (non-hydrogen) atoms. The largest absolute Gasteiger partial charge is 0.396 e. The van der Waals surface area contributed by atoms with Crippen molar-refractivity contribution in [3.63, 3.8) is 0 Å². The fourth-order valence-electron chi connectivity index (χ4n) is 1.50. The summed E-state index contributed by atoms with van der Waals surface area (Å²) in [7, 11) is -3.32. The maximum atomic E-state index is 10.6. The molecule has 0 saturated carbocycles. The normalized spacial score (nSPS) is 10.6. The number of pyridine rings is 2. The summed E-state index contributed by atoms with van der Waals surface area (Å²) in [5.41, 5.74) is 1.77. The van der Waals surface area contributed by atoms with Crippen molar-refractivity contribution in [3.05, 3.63) is 60.2 Å². The predicted octanol–water partition coefficient (Wildman–Crippen LogP) is 1.22. The number of rotatable bonds is 6. The van der Waals surface area contributed by atoms with Gasteiger partial charge in [-0.1, -0.05) is 12.1 Å². The van der Waals surface area contributed by atoms with Crippen LogP contribution in [0.5, 0.6) is 0 Å². The van der Waals surface area contributed by atoms with Crippen LogP contribution in [-0.4, -0.2) is 43.0 Å². The van der Waals surface area contributed by atoms with Gasteiger partial charge in [0.1, 0.15) is 0 Å². The Morgan fingerprint density at radius 3 is 1.95 bits per heavy atom. The van der Waals surface area contributed by atoms with Crippen LogP contribution in [0.2, 0.25) is 0 Å². The molecular weight excluding hydrogens is 304 g/mol. The zero-order valence-corrected chi connectivity index (χ0v) is 13.2. The first-order valence-electron chi connectivity index (χ1n) is 6.76. The van der Waals surface area contributed by atoms with E-state index in [-0.39, 0.29) is 13.2 Å². The Balaban J connectivity index is 0.000000235. The molecule has 0 saturated heterocycles. The summed E-state index contributed by atoms with van der Waals surface area (Å²) in [6.45, 7) is 0.326. The van der Waals surface area contributed by atoms with E-state index in [9.17, 15) is 8.42 Å². The van der Waals surface area contributed by atoms with Crippen LogP contribution in [0.4, 0.5) is 0 Å². The fraction of sp³-hybridized carbons (Fsp3) is 0.333. The topological polar surface area (TPSA) is 89.4 Å². The van der Waals surface area contributed by atoms with Gasteiger partial charge in [0, 0.05) is 43.2 Å². The molecular formula is C15H20N2O4S. The molecule has 0 radical (unpaired) electrons. The van der Waals surface area contributed by atoms with Gasteiger partial charge in [-0.15, -0.1) is 0 Å². The van der Waals surface area contributed by atoms with E-state index < -0.39 is 10.1 Å². The summed E-state index contributed by atoms with van der Waals surface area (Å²) in [5.74, 6) is 0. The summed E-state index contributed by atoms with van der Waals surface area (Å²) < 4.78 is 25.7. The molecule has 0 unspecified atom stereocenters. The van der Waals surface area contributed by atoms with Gasteiger partial charge in [-0.3, -0.25) is 14.2 Å². The Kier molecular flexibility index (Phi) is 8.27. The van der Waals surface area contributed by atoms with Crippen molar-refractivity contribution < 1.29 is 17.7 Å². The van der Waals surface area contributed by atoms with Crippen molar-refractivity contribution >= 4 is 10.1 Å². The molecule has 120 valence electrons. The van der Waals surface area contributed by atoms with E-state index in [2.05, 4.69) is 14.2 Å². The molecule has 0 fully saturated rings. The summed E-state index contributed by atoms with van der Waals surface area (Å²) in [6.07, 6.45) is 5.58. The number of hydrogen-bond acceptors (Lipinski definition) is 6. The predicted molar refractivity (Wildman–Crippen MR) is 83.8 cm³/mol. The van der Waals surface area contributed by atoms with E-state index in [0.29, 0.717) is 12.8 Å². The minimum Gasteiger partial charge on any atom is -0.396 e. The zero-order valence-electron chi connectivity index (χ0n) is 12.4. The molecule has 0 bridgehead atoms. The molecule has 0 aliphatic carbocycles. The van der Waals surface area contributed by atoms with Gasteiger partial charge in [-0.25, -0.2) is 0 Å². The standard InChI is InChI=1S/C8H11NO3S.C7H9NO/c1-13(10,11)12-7-5-8-4-2-3-6-9-8;9-6-4-7-3-1-2-5-8-7/h2-4,6H,5,7H2,1H3;1-3,5,9H,4,6H2. The Hall–Kier alpha value is -1.83. The fourth-order valence-corrected chi connectivity index (χ4v) is 1.89. The lowest BCUT2D eigenvalue weighted by molar-refractivity contribution is 0.298. The lowest BCUT2D eigenvalue weighted by atomic mass is 10.3. The average Bonchev–Trinajstić information content (AvgIpc) is 2.49. The highest BCUT2D eigenvalue weighted by Gasteiger charge is 2.01. The Bertz CT molecular complexity index is 619. The van der Waals surface area contributed by atoms with Crippen LogP contribution < -0.4 is 0 Å². The van der Waals surface area contributed by atoms with E-state index >= 15 is 0 Å². The molecule has 0 aliphatic heterocycles. The van der Waals surface area contributed by atoms with Crippen LogP contribution in [0.1, 0.15) is 11.4 Å². The number of nitrogens with zero attached hydrogens (tertiary/aromatic N) is 2. The highest BCUT2D eigenvalue weighted by Crippen LogP contribution is 1.96. The molecule has 2 heterocycles. The quantitative estimate of drug-likeness (QED) is 0.804. The van der Waals surface area contributed by atoms with E-state index in [1.807, 2.05) is 30.3 Å². The van der Waals surface area contributed by atoms with Crippen LogP contribution in [-0.2, 0) is 27.1 Å². The van der Waals surface area contributed by atoms with Crippen LogP contribution in [0, 0.1) is 0 Å². The number of hydrogen-bond donors (Lipinski definition) is 1. The Morgan fingerprint density at radius 1 is 1.00 bits per heavy atom. The van der Waals surface area contributed by atoms with Gasteiger partial charge in [0.25, 0.3) is 10.1 Å². The minimum absolute atomic E-state index is 0.149. The van der Waals surface area contributed by atoms with Crippen LogP contribution >= 0.6 is 0 Å². The SMILES string of the molecule is CS(=O)(=O)OCCc1ccccn1.OCCc1ccccn1. The van der Waals surface area contributed by atoms with Crippen molar-refractivity contribution in [2.24, 2.45) is 0 Å². The first-order valence-corrected chi connectivity index (χ1v) is 8.58. The molecule has 0 aromatic carbocycles. The average molecular weight is 324 g/mol. The van der Waals surface area contributed by atoms with E-state index in [1.54, 1.807) is 18.5 Å². The molecule has 0 spiro atoms. The number of aliphatic hydroxyl groups excluding tert-OH is 1. The molecule has 7 heteroatoms. The molecule has 6 nitrogen and oxygen atoms in total. The smallest absolute Gasteiger partial charge is 0.264 e. The maximum absolute atomic E-state index is 10.6. The third-order valence-electron chi connectivity index (χ3n) is 2.48. The zero-order chi connectivity index (χ0) is 16.3. The Morgan fingerprint density at radius 2 is 1.55 bits per heavy atom. The van der Waals surface area contributed by atoms with E-state index in [0.717, 1.165) is 17.6 Å². The van der Waals surface area contributed by atoms with Crippen LogP contribution in [0.3, 0.4) is 0 Å². The summed E-state index contributed by atoms with van der Waals surface area (Å²) >= 11 is 0. The summed E-state index contributed by atoms with van der Waals surface area (Å²) in [5, 5.41) is 8.48. The van der Waals surface area contributed by atoms with Gasteiger partial charge in [0.05, 0.1) is 12.9 Å². The molecule has 0 aliphatic rings. The molecule has 2 aromatic rings. The second kappa shape index (κ2) is 9.99. The number of aromatic nitrogens is 2. The van der Waals surface area contributed by atoms with Crippen molar-refractivity contribution in [3.8, 4) is 0 Å². The molecule has 0 atom stereocenters. The van der Waals surface area contributed by atoms with Crippen LogP contribution in [0.25, 0.3) is 0 Å². The summed E-state index contributed by atoms with van der Waals surface area (Å²) in [4.78, 5) is 8.03. The van der Waals surface area contributed by atoms with Crippen LogP contribution in [0.15, 0.2) is 48.8 Å². The van der Waals surface area contributed by atoms with Crippen molar-refractivity contribution in [1.29, 1.82) is 0 Å². The molecule has 0 amide bonds. The van der Waals surface area contributed by atoms with Crippen molar-refractivity contribution in [2.45, 2.75) is 12.8 Å². The second-order valence-corrected chi connectivity index (χ2v) is 6.04. The molecule has 2 aromatic heterocycles. The lowest BCUT2D eigenvalue weighted by Crippen LogP contribution is -2.06. The highest BCUT2D eigenvalue weighted by atomic mass is 32.2. The lowest BCUT2D eigenvalue weighted by Gasteiger charge is -1.99. The monoisotopic (exact) mass is 324 g/mol. The first-order chi connectivity index (χ1) is 10.5. The van der Waals surface area contributed by atoms with Crippen molar-refractivity contribution in [2.75, 3.05) is 19.5 Å². The maximum Gasteiger partial charge on any atom is 0.264 e. The first kappa shape index (κ1) is 18.2. The van der Waals surface area contributed by atoms with Gasteiger partial charge >= 0.3 is 0 Å². The second-order valence-electron chi connectivity index (χ2n) is 4.39. The third-order valence-corrected chi connectivity index (χ3v) is 3.07.